The van der Waals surface area contributed by atoms with E-state index in [4.69, 9.17) is 9.98 Å². The lowest BCUT2D eigenvalue weighted by molar-refractivity contribution is 0.885. The fourth-order valence-corrected chi connectivity index (χ4v) is 4.44. The van der Waals surface area contributed by atoms with Crippen molar-refractivity contribution in [2.75, 3.05) is 0 Å². The number of benzene rings is 1. The van der Waals surface area contributed by atoms with Crippen LogP contribution in [0.1, 0.15) is 86.6 Å². The number of nitrogens with zero attached hydrogens (tertiary/aromatic N) is 2. The Morgan fingerprint density at radius 3 is 2.22 bits per heavy atom. The minimum absolute atomic E-state index is 0.316. The lowest BCUT2D eigenvalue weighted by Gasteiger charge is -2.11. The quantitative estimate of drug-likeness (QED) is 0.0693. The van der Waals surface area contributed by atoms with Gasteiger partial charge in [-0.2, -0.15) is 0 Å². The van der Waals surface area contributed by atoms with Crippen LogP contribution in [0.3, 0.4) is 0 Å². The molecule has 0 spiro atoms. The first-order valence-corrected chi connectivity index (χ1v) is 16.2. The van der Waals surface area contributed by atoms with E-state index in [2.05, 4.69) is 129 Å². The highest BCUT2D eigenvalue weighted by atomic mass is 14.8. The average Bonchev–Trinajstić information content (AvgIpc) is 3.02. The summed E-state index contributed by atoms with van der Waals surface area (Å²) in [5.41, 5.74) is 10.7. The normalized spacial score (nSPS) is 15.0. The third kappa shape index (κ3) is 14.4. The van der Waals surface area contributed by atoms with Gasteiger partial charge >= 0.3 is 0 Å². The molecular formula is C43H56N2. The third-order valence-corrected chi connectivity index (χ3v) is 7.33. The maximum atomic E-state index is 5.12. The predicted molar refractivity (Wildman–Crippen MR) is 206 cm³/mol. The van der Waals surface area contributed by atoms with Crippen molar-refractivity contribution >= 4 is 23.2 Å². The lowest BCUT2D eigenvalue weighted by Crippen LogP contribution is -2.05. The van der Waals surface area contributed by atoms with Gasteiger partial charge in [-0.1, -0.05) is 119 Å². The largest absolute Gasteiger partial charge is 0.253 e. The molecule has 2 nitrogen and oxygen atoms in total. The van der Waals surface area contributed by atoms with Crippen molar-refractivity contribution in [3.05, 3.63) is 156 Å². The number of unbranched alkanes of at least 4 members (excludes halogenated alkanes) is 1. The van der Waals surface area contributed by atoms with E-state index < -0.39 is 0 Å². The number of hydrogen-bond acceptors (Lipinski definition) is 2. The summed E-state index contributed by atoms with van der Waals surface area (Å²) in [5, 5.41) is 0. The zero-order valence-corrected chi connectivity index (χ0v) is 29.2. The summed E-state index contributed by atoms with van der Waals surface area (Å²) in [6.07, 6.45) is 30.6. The van der Waals surface area contributed by atoms with Gasteiger partial charge in [-0.05, 0) is 118 Å². The van der Waals surface area contributed by atoms with E-state index in [-0.39, 0.29) is 0 Å². The van der Waals surface area contributed by atoms with Gasteiger partial charge in [0.2, 0.25) is 0 Å². The van der Waals surface area contributed by atoms with Crippen LogP contribution >= 0.6 is 0 Å². The van der Waals surface area contributed by atoms with Gasteiger partial charge in [-0.15, -0.1) is 0 Å². The molecule has 0 aliphatic rings. The van der Waals surface area contributed by atoms with Crippen LogP contribution in [0.2, 0.25) is 0 Å². The molecule has 45 heavy (non-hydrogen) atoms. The van der Waals surface area contributed by atoms with Gasteiger partial charge in [-0.25, -0.2) is 0 Å². The molecule has 2 heteroatoms. The molecule has 1 aromatic rings. The molecule has 0 fully saturated rings. The van der Waals surface area contributed by atoms with Crippen molar-refractivity contribution in [1.82, 2.24) is 0 Å². The summed E-state index contributed by atoms with van der Waals surface area (Å²) < 4.78 is 0. The zero-order chi connectivity index (χ0) is 33.6. The Morgan fingerprint density at radius 2 is 1.62 bits per heavy atom. The minimum atomic E-state index is 0.316. The molecule has 0 unspecified atom stereocenters. The molecule has 0 saturated heterocycles. The number of aliphatic imine (C=N–C) groups is 2. The second-order valence-electron chi connectivity index (χ2n) is 11.2. The number of allylic oxidation sites excluding steroid dienone is 17. The Kier molecular flexibility index (Phi) is 19.1. The fourth-order valence-electron chi connectivity index (χ4n) is 4.44. The Labute approximate surface area is 275 Å². The first-order chi connectivity index (χ1) is 21.6. The van der Waals surface area contributed by atoms with Gasteiger partial charge < -0.3 is 0 Å². The molecule has 0 saturated carbocycles. The highest BCUT2D eigenvalue weighted by Crippen LogP contribution is 2.24. The topological polar surface area (TPSA) is 24.7 Å². The lowest BCUT2D eigenvalue weighted by atomic mass is 10.0. The fraction of sp³-hybridized carbons (Fsp3) is 0.302. The third-order valence-electron chi connectivity index (χ3n) is 7.33. The van der Waals surface area contributed by atoms with Crippen LogP contribution in [0, 0.1) is 5.92 Å². The van der Waals surface area contributed by atoms with E-state index in [1.54, 1.807) is 6.08 Å². The van der Waals surface area contributed by atoms with E-state index in [0.717, 1.165) is 70.8 Å². The predicted octanol–water partition coefficient (Wildman–Crippen LogP) is 13.2. The Balaban J connectivity index is 3.57. The average molecular weight is 601 g/mol. The van der Waals surface area contributed by atoms with Gasteiger partial charge in [0, 0.05) is 17.0 Å². The van der Waals surface area contributed by atoms with Gasteiger partial charge in [0.05, 0.1) is 11.4 Å². The van der Waals surface area contributed by atoms with E-state index in [1.165, 1.54) is 11.1 Å². The van der Waals surface area contributed by atoms with Crippen LogP contribution < -0.4 is 0 Å². The van der Waals surface area contributed by atoms with E-state index >= 15 is 0 Å². The van der Waals surface area contributed by atoms with E-state index in [0.29, 0.717) is 5.92 Å². The number of hydrogen-bond donors (Lipinski definition) is 0. The summed E-state index contributed by atoms with van der Waals surface area (Å²) in [7, 11) is 0. The highest BCUT2D eigenvalue weighted by molar-refractivity contribution is 5.98. The molecule has 0 aliphatic heterocycles. The van der Waals surface area contributed by atoms with Crippen molar-refractivity contribution in [3.63, 3.8) is 0 Å². The Bertz CT molecular complexity index is 1450. The van der Waals surface area contributed by atoms with Crippen molar-refractivity contribution in [1.29, 1.82) is 0 Å². The van der Waals surface area contributed by atoms with Crippen LogP contribution in [-0.4, -0.2) is 11.4 Å². The maximum Gasteiger partial charge on any atom is 0.0705 e. The summed E-state index contributed by atoms with van der Waals surface area (Å²) in [4.78, 5) is 10.2. The Hall–Kier alpha value is -4.30. The van der Waals surface area contributed by atoms with Crippen molar-refractivity contribution in [3.8, 4) is 0 Å². The van der Waals surface area contributed by atoms with Crippen molar-refractivity contribution in [2.24, 2.45) is 15.9 Å². The van der Waals surface area contributed by atoms with Crippen LogP contribution in [-0.2, 0) is 0 Å². The first-order valence-electron chi connectivity index (χ1n) is 16.2. The summed E-state index contributed by atoms with van der Waals surface area (Å²) >= 11 is 0. The Morgan fingerprint density at radius 1 is 0.889 bits per heavy atom. The second-order valence-corrected chi connectivity index (χ2v) is 11.2. The van der Waals surface area contributed by atoms with Gasteiger partial charge in [0.1, 0.15) is 0 Å². The molecule has 0 radical (unpaired) electrons. The van der Waals surface area contributed by atoms with Gasteiger partial charge in [0.15, 0.2) is 0 Å². The van der Waals surface area contributed by atoms with Crippen LogP contribution in [0.4, 0.5) is 5.69 Å². The SMILES string of the molecule is C=C/C=C\c1ccccc1\N=C(/C=C(C)/C(C)=C/C=C(C=C)/C(C)=C/C(/N=C(/C=C\C)C(C)C)=C(/C=C)CC)CCC/C=C\C. The molecule has 1 rings (SSSR count). The van der Waals surface area contributed by atoms with Crippen LogP contribution in [0.25, 0.3) is 6.08 Å². The van der Waals surface area contributed by atoms with E-state index in [9.17, 15) is 0 Å². The standard InChI is InChI=1S/C43H56N2/c1-12-18-20-21-27-40(44-42-28-23-22-26-39(42)25-19-13-2)31-35(10)34(9)29-30-38(17-6)36(11)32-43(37(15-4)16-5)45-41(24-14-3)33(7)8/h12-15,17-19,22-26,28-33H,2,4,6,16,20-21,27H2,1,3,5,7-11H3/b18-12-,24-14-,25-19-,34-29+,35-31+,36-32+,38-30+,43-37+,44-40-,45-41-. The van der Waals surface area contributed by atoms with Crippen LogP contribution in [0.5, 0.6) is 0 Å². The molecule has 0 amide bonds. The summed E-state index contributed by atoms with van der Waals surface area (Å²) in [5.74, 6) is 0.316. The van der Waals surface area contributed by atoms with Gasteiger partial charge in [0.25, 0.3) is 0 Å². The van der Waals surface area contributed by atoms with Crippen molar-refractivity contribution in [2.45, 2.75) is 81.1 Å². The molecule has 238 valence electrons. The number of para-hydroxylation sites is 1. The highest BCUT2D eigenvalue weighted by Gasteiger charge is 2.07. The molecule has 0 aliphatic carbocycles. The summed E-state index contributed by atoms with van der Waals surface area (Å²) in [6, 6.07) is 8.23. The molecule has 0 atom stereocenters. The van der Waals surface area contributed by atoms with Crippen LogP contribution in [0.15, 0.2) is 160 Å². The summed E-state index contributed by atoms with van der Waals surface area (Å²) in [6.45, 7) is 29.0. The second kappa shape index (κ2) is 22.2. The molecule has 1 aromatic carbocycles. The maximum absolute atomic E-state index is 5.12. The molecule has 0 heterocycles. The van der Waals surface area contributed by atoms with E-state index in [1.807, 2.05) is 43.4 Å². The smallest absolute Gasteiger partial charge is 0.0705 e. The molecule has 0 aromatic heterocycles. The molecule has 0 bridgehead atoms. The molecule has 0 N–H and O–H groups in total. The minimum Gasteiger partial charge on any atom is -0.253 e. The van der Waals surface area contributed by atoms with Gasteiger partial charge in [-0.3, -0.25) is 9.98 Å². The van der Waals surface area contributed by atoms with Crippen molar-refractivity contribution < 1.29 is 0 Å². The monoisotopic (exact) mass is 600 g/mol. The zero-order valence-electron chi connectivity index (χ0n) is 29.2. The first kappa shape index (κ1) is 38.7. The molecular weight excluding hydrogens is 544 g/mol. The number of rotatable bonds is 18.